The molecule has 3 N–H and O–H groups in total. The minimum atomic E-state index is -0.534. The summed E-state index contributed by atoms with van der Waals surface area (Å²) in [6.07, 6.45) is 0. The molecule has 1 saturated heterocycles. The maximum Gasteiger partial charge on any atom is 0.279 e. The van der Waals surface area contributed by atoms with Gasteiger partial charge in [0.1, 0.15) is 11.8 Å². The Bertz CT molecular complexity index is 476. The van der Waals surface area contributed by atoms with Crippen LogP contribution in [0.4, 0.5) is 10.5 Å². The van der Waals surface area contributed by atoms with E-state index in [4.69, 9.17) is 0 Å². The third kappa shape index (κ3) is 2.71. The molecule has 1 aliphatic rings. The minimum absolute atomic E-state index is 0.0235. The van der Waals surface area contributed by atoms with Crippen molar-refractivity contribution in [1.29, 1.82) is 0 Å². The number of phenolic OH excluding ortho intramolecular Hbond substituents is 1. The van der Waals surface area contributed by atoms with Crippen LogP contribution >= 0.6 is 11.8 Å². The Labute approximate surface area is 103 Å². The monoisotopic (exact) mass is 252 g/mol. The van der Waals surface area contributed by atoms with E-state index in [-0.39, 0.29) is 16.9 Å². The van der Waals surface area contributed by atoms with Crippen molar-refractivity contribution in [2.45, 2.75) is 13.0 Å². The highest BCUT2D eigenvalue weighted by atomic mass is 32.2. The van der Waals surface area contributed by atoms with Gasteiger partial charge >= 0.3 is 0 Å². The van der Waals surface area contributed by atoms with Crippen molar-refractivity contribution in [3.63, 3.8) is 0 Å². The van der Waals surface area contributed by atoms with Gasteiger partial charge < -0.3 is 15.7 Å². The molecule has 1 aromatic rings. The van der Waals surface area contributed by atoms with Crippen LogP contribution in [0.5, 0.6) is 5.75 Å². The zero-order valence-corrected chi connectivity index (χ0v) is 10.0. The van der Waals surface area contributed by atoms with Crippen molar-refractivity contribution >= 4 is 28.6 Å². The second-order valence-electron chi connectivity index (χ2n) is 3.81. The van der Waals surface area contributed by atoms with Crippen LogP contribution in [-0.4, -0.2) is 28.0 Å². The van der Waals surface area contributed by atoms with Crippen molar-refractivity contribution in [2.24, 2.45) is 0 Å². The molecule has 90 valence electrons. The molecular formula is C11H12N2O3S. The summed E-state index contributed by atoms with van der Waals surface area (Å²) in [4.78, 5) is 22.7. The molecule has 1 unspecified atom stereocenters. The van der Waals surface area contributed by atoms with Crippen molar-refractivity contribution in [1.82, 2.24) is 5.32 Å². The molecule has 0 aliphatic carbocycles. The summed E-state index contributed by atoms with van der Waals surface area (Å²) in [5.41, 5.74) is 1.26. The first-order valence-electron chi connectivity index (χ1n) is 5.10. The second-order valence-corrected chi connectivity index (χ2v) is 4.80. The quantitative estimate of drug-likeness (QED) is 0.696. The molecule has 1 aliphatic heterocycles. The van der Waals surface area contributed by atoms with Gasteiger partial charge in [-0.25, -0.2) is 0 Å². The van der Waals surface area contributed by atoms with Gasteiger partial charge in [-0.05, 0) is 24.6 Å². The molecule has 5 nitrogen and oxygen atoms in total. The van der Waals surface area contributed by atoms with Gasteiger partial charge in [0.25, 0.3) is 5.24 Å². The minimum Gasteiger partial charge on any atom is -0.506 e. The molecule has 1 atom stereocenters. The Morgan fingerprint density at radius 1 is 1.59 bits per heavy atom. The first-order valence-corrected chi connectivity index (χ1v) is 6.08. The van der Waals surface area contributed by atoms with E-state index in [2.05, 4.69) is 10.6 Å². The third-order valence-corrected chi connectivity index (χ3v) is 3.28. The summed E-state index contributed by atoms with van der Waals surface area (Å²) in [6.45, 7) is 1.85. The van der Waals surface area contributed by atoms with Crippen molar-refractivity contribution in [3.05, 3.63) is 23.8 Å². The molecule has 6 heteroatoms. The van der Waals surface area contributed by atoms with Gasteiger partial charge in [-0.3, -0.25) is 9.59 Å². The molecule has 0 spiro atoms. The van der Waals surface area contributed by atoms with Crippen molar-refractivity contribution < 1.29 is 14.7 Å². The number of hydrogen-bond donors (Lipinski definition) is 3. The van der Waals surface area contributed by atoms with E-state index in [9.17, 15) is 14.7 Å². The van der Waals surface area contributed by atoms with Crippen molar-refractivity contribution in [3.8, 4) is 5.75 Å². The molecule has 1 heterocycles. The van der Waals surface area contributed by atoms with E-state index in [0.29, 0.717) is 11.4 Å². The number of nitrogens with one attached hydrogen (secondary N) is 2. The van der Waals surface area contributed by atoms with E-state index < -0.39 is 6.04 Å². The van der Waals surface area contributed by atoms with Crippen LogP contribution in [0.1, 0.15) is 5.56 Å². The highest BCUT2D eigenvalue weighted by Crippen LogP contribution is 2.24. The fourth-order valence-corrected chi connectivity index (χ4v) is 2.27. The van der Waals surface area contributed by atoms with E-state index >= 15 is 0 Å². The zero-order chi connectivity index (χ0) is 12.4. The second kappa shape index (κ2) is 4.67. The number of carbonyl (C=O) groups excluding carboxylic acids is 2. The number of thioether (sulfide) groups is 1. The topological polar surface area (TPSA) is 78.4 Å². The number of phenols is 1. The smallest absolute Gasteiger partial charge is 0.279 e. The predicted molar refractivity (Wildman–Crippen MR) is 66.3 cm³/mol. The lowest BCUT2D eigenvalue weighted by Crippen LogP contribution is -2.38. The Morgan fingerprint density at radius 3 is 2.94 bits per heavy atom. The maximum atomic E-state index is 11.7. The van der Waals surface area contributed by atoms with Gasteiger partial charge in [0.15, 0.2) is 0 Å². The number of amides is 2. The van der Waals surface area contributed by atoms with Crippen LogP contribution in [-0.2, 0) is 4.79 Å². The lowest BCUT2D eigenvalue weighted by Gasteiger charge is -2.11. The van der Waals surface area contributed by atoms with E-state index in [0.717, 1.165) is 17.3 Å². The van der Waals surface area contributed by atoms with Crippen LogP contribution in [0.25, 0.3) is 0 Å². The molecule has 1 fully saturated rings. The van der Waals surface area contributed by atoms with Crippen LogP contribution < -0.4 is 10.6 Å². The lowest BCUT2D eigenvalue weighted by atomic mass is 10.2. The van der Waals surface area contributed by atoms with E-state index in [1.54, 1.807) is 18.2 Å². The predicted octanol–water partition coefficient (Wildman–Crippen LogP) is 1.46. The van der Waals surface area contributed by atoms with E-state index in [1.165, 1.54) is 0 Å². The first kappa shape index (κ1) is 11.8. The maximum absolute atomic E-state index is 11.7. The number of anilines is 1. The van der Waals surface area contributed by atoms with Gasteiger partial charge in [-0.15, -0.1) is 0 Å². The summed E-state index contributed by atoms with van der Waals surface area (Å²) in [6, 6.07) is 4.45. The van der Waals surface area contributed by atoms with Crippen LogP contribution in [0.15, 0.2) is 18.2 Å². The molecule has 17 heavy (non-hydrogen) atoms. The Morgan fingerprint density at radius 2 is 2.35 bits per heavy atom. The van der Waals surface area contributed by atoms with Gasteiger partial charge in [0, 0.05) is 5.75 Å². The fourth-order valence-electron chi connectivity index (χ4n) is 1.49. The summed E-state index contributed by atoms with van der Waals surface area (Å²) >= 11 is 1.08. The number of carbonyl (C=O) groups is 2. The Balaban J connectivity index is 2.05. The summed E-state index contributed by atoms with van der Waals surface area (Å²) in [7, 11) is 0. The average molecular weight is 252 g/mol. The highest BCUT2D eigenvalue weighted by Gasteiger charge is 2.28. The fraction of sp³-hybridized carbons (Fsp3) is 0.273. The number of rotatable bonds is 2. The third-order valence-electron chi connectivity index (χ3n) is 2.40. The zero-order valence-electron chi connectivity index (χ0n) is 9.19. The molecule has 2 rings (SSSR count). The lowest BCUT2D eigenvalue weighted by molar-refractivity contribution is -0.117. The number of hydrogen-bond acceptors (Lipinski definition) is 4. The SMILES string of the molecule is Cc1ccc(NC(=O)C2CSC(=O)N2)c(O)c1. The molecule has 0 aromatic heterocycles. The van der Waals surface area contributed by atoms with Gasteiger partial charge in [-0.2, -0.15) is 0 Å². The van der Waals surface area contributed by atoms with Crippen LogP contribution in [0, 0.1) is 6.92 Å². The number of aryl methyl sites for hydroxylation is 1. The average Bonchev–Trinajstić information content (AvgIpc) is 2.69. The normalized spacial score (nSPS) is 18.9. The summed E-state index contributed by atoms with van der Waals surface area (Å²) in [5.74, 6) is 0.120. The van der Waals surface area contributed by atoms with E-state index in [1.807, 2.05) is 6.92 Å². The van der Waals surface area contributed by atoms with Gasteiger partial charge in [0.2, 0.25) is 5.91 Å². The van der Waals surface area contributed by atoms with Gasteiger partial charge in [0.05, 0.1) is 5.69 Å². The summed E-state index contributed by atoms with van der Waals surface area (Å²) < 4.78 is 0. The molecule has 0 radical (unpaired) electrons. The Hall–Kier alpha value is -1.69. The number of aromatic hydroxyl groups is 1. The first-order chi connectivity index (χ1) is 8.06. The standard InChI is InChI=1S/C11H12N2O3S/c1-6-2-3-7(9(14)4-6)12-10(15)8-5-17-11(16)13-8/h2-4,8,14H,5H2,1H3,(H,12,15)(H,13,16). The largest absolute Gasteiger partial charge is 0.506 e. The molecule has 1 aromatic carbocycles. The van der Waals surface area contributed by atoms with Crippen LogP contribution in [0.3, 0.4) is 0 Å². The Kier molecular flexibility index (Phi) is 3.23. The molecular weight excluding hydrogens is 240 g/mol. The van der Waals surface area contributed by atoms with Crippen molar-refractivity contribution in [2.75, 3.05) is 11.1 Å². The highest BCUT2D eigenvalue weighted by molar-refractivity contribution is 8.14. The number of benzene rings is 1. The summed E-state index contributed by atoms with van der Waals surface area (Å²) in [5, 5.41) is 14.5. The van der Waals surface area contributed by atoms with Crippen LogP contribution in [0.2, 0.25) is 0 Å². The molecule has 0 saturated carbocycles. The molecule has 0 bridgehead atoms. The molecule has 2 amide bonds. The van der Waals surface area contributed by atoms with Gasteiger partial charge in [-0.1, -0.05) is 17.8 Å².